The van der Waals surface area contributed by atoms with Crippen LogP contribution < -0.4 is 5.32 Å². The van der Waals surface area contributed by atoms with E-state index in [1.165, 1.54) is 167 Å². The second-order valence-corrected chi connectivity index (χ2v) is 9.96. The molecule has 0 radical (unpaired) electrons. The van der Waals surface area contributed by atoms with E-state index in [1.54, 1.807) is 0 Å². The first-order valence-electron chi connectivity index (χ1n) is 14.7. The Hall–Kier alpha value is -0.0800. The lowest BCUT2D eigenvalue weighted by Gasteiger charge is -2.05. The van der Waals surface area contributed by atoms with Crippen LogP contribution in [0.1, 0.15) is 167 Å². The van der Waals surface area contributed by atoms with E-state index in [9.17, 15) is 0 Å². The van der Waals surface area contributed by atoms with Gasteiger partial charge in [-0.3, -0.25) is 0 Å². The summed E-state index contributed by atoms with van der Waals surface area (Å²) < 4.78 is 0. The van der Waals surface area contributed by atoms with Gasteiger partial charge in [-0.25, -0.2) is 0 Å². The molecule has 0 saturated carbocycles. The van der Waals surface area contributed by atoms with Gasteiger partial charge >= 0.3 is 0 Å². The molecule has 0 saturated heterocycles. The maximum atomic E-state index is 8.76. The molecule has 2 heteroatoms. The highest BCUT2D eigenvalue weighted by molar-refractivity contribution is 4.53. The lowest BCUT2D eigenvalue weighted by atomic mass is 10.0. The molecule has 0 aliphatic carbocycles. The fraction of sp³-hybridized carbons (Fsp3) is 1.00. The molecular formula is C29H61NO. The first kappa shape index (κ1) is 30.9. The highest BCUT2D eigenvalue weighted by Crippen LogP contribution is 2.14. The zero-order valence-electron chi connectivity index (χ0n) is 21.7. The quantitative estimate of drug-likeness (QED) is 0.119. The summed E-state index contributed by atoms with van der Waals surface area (Å²) in [7, 11) is 0. The summed E-state index contributed by atoms with van der Waals surface area (Å²) in [5.74, 6) is 0. The maximum absolute atomic E-state index is 8.76. The molecule has 0 aromatic heterocycles. The first-order chi connectivity index (χ1) is 15.4. The predicted molar refractivity (Wildman–Crippen MR) is 141 cm³/mol. The van der Waals surface area contributed by atoms with Crippen LogP contribution in [0.3, 0.4) is 0 Å². The van der Waals surface area contributed by atoms with Crippen LogP contribution in [0, 0.1) is 0 Å². The van der Waals surface area contributed by atoms with Gasteiger partial charge < -0.3 is 10.4 Å². The molecular weight excluding hydrogens is 378 g/mol. The minimum atomic E-state index is 0.372. The largest absolute Gasteiger partial charge is 0.396 e. The molecule has 0 rings (SSSR count). The Balaban J connectivity index is 2.98. The predicted octanol–water partition coefficient (Wildman–Crippen LogP) is 9.34. The molecule has 0 heterocycles. The van der Waals surface area contributed by atoms with Crippen molar-refractivity contribution in [2.75, 3.05) is 19.7 Å². The van der Waals surface area contributed by atoms with E-state index in [4.69, 9.17) is 5.11 Å². The molecule has 0 aromatic rings. The minimum absolute atomic E-state index is 0.372. The average Bonchev–Trinajstić information content (AvgIpc) is 2.78. The van der Waals surface area contributed by atoms with Gasteiger partial charge in [-0.2, -0.15) is 0 Å². The summed E-state index contributed by atoms with van der Waals surface area (Å²) in [6.45, 7) is 5.14. The molecule has 31 heavy (non-hydrogen) atoms. The van der Waals surface area contributed by atoms with Crippen molar-refractivity contribution < 1.29 is 5.11 Å². The third-order valence-electron chi connectivity index (χ3n) is 6.72. The molecule has 2 N–H and O–H groups in total. The van der Waals surface area contributed by atoms with Crippen LogP contribution in [0.4, 0.5) is 0 Å². The van der Waals surface area contributed by atoms with Gasteiger partial charge in [-0.05, 0) is 32.4 Å². The molecule has 0 spiro atoms. The second kappa shape index (κ2) is 29.9. The van der Waals surface area contributed by atoms with Gasteiger partial charge in [0.05, 0.1) is 0 Å². The molecule has 0 aromatic carbocycles. The Morgan fingerprint density at radius 2 is 0.613 bits per heavy atom. The van der Waals surface area contributed by atoms with Gasteiger partial charge in [0.1, 0.15) is 0 Å². The van der Waals surface area contributed by atoms with Crippen LogP contribution in [0.15, 0.2) is 0 Å². The number of nitrogens with one attached hydrogen (secondary N) is 1. The SMILES string of the molecule is CCCCCCCCCNCCCCCCCCCCCCCCCCCCCCO. The number of hydrogen-bond acceptors (Lipinski definition) is 2. The van der Waals surface area contributed by atoms with Gasteiger partial charge in [-0.1, -0.05) is 148 Å². The van der Waals surface area contributed by atoms with E-state index in [2.05, 4.69) is 12.2 Å². The van der Waals surface area contributed by atoms with Gasteiger partial charge in [-0.15, -0.1) is 0 Å². The molecule has 0 amide bonds. The van der Waals surface area contributed by atoms with E-state index >= 15 is 0 Å². The molecule has 0 unspecified atom stereocenters. The topological polar surface area (TPSA) is 32.3 Å². The smallest absolute Gasteiger partial charge is 0.0431 e. The highest BCUT2D eigenvalue weighted by atomic mass is 16.2. The number of rotatable bonds is 28. The fourth-order valence-corrected chi connectivity index (χ4v) is 4.52. The van der Waals surface area contributed by atoms with Crippen LogP contribution in [0.5, 0.6) is 0 Å². The number of unbranched alkanes of at least 4 members (excludes halogenated alkanes) is 23. The third-order valence-corrected chi connectivity index (χ3v) is 6.72. The zero-order chi connectivity index (χ0) is 22.5. The first-order valence-corrected chi connectivity index (χ1v) is 14.7. The lowest BCUT2D eigenvalue weighted by molar-refractivity contribution is 0.282. The highest BCUT2D eigenvalue weighted by Gasteiger charge is 1.96. The van der Waals surface area contributed by atoms with Gasteiger partial charge in [0.2, 0.25) is 0 Å². The number of hydrogen-bond donors (Lipinski definition) is 2. The van der Waals surface area contributed by atoms with E-state index in [0.717, 1.165) is 6.42 Å². The maximum Gasteiger partial charge on any atom is 0.0431 e. The summed E-state index contributed by atoms with van der Waals surface area (Å²) in [5.41, 5.74) is 0. The zero-order valence-corrected chi connectivity index (χ0v) is 21.7. The summed E-state index contributed by atoms with van der Waals surface area (Å²) in [6, 6.07) is 0. The summed E-state index contributed by atoms with van der Waals surface area (Å²) in [5, 5.41) is 12.4. The molecule has 2 nitrogen and oxygen atoms in total. The van der Waals surface area contributed by atoms with E-state index in [1.807, 2.05) is 0 Å². The normalized spacial score (nSPS) is 11.4. The van der Waals surface area contributed by atoms with Gasteiger partial charge in [0.15, 0.2) is 0 Å². The summed E-state index contributed by atoms with van der Waals surface area (Å²) >= 11 is 0. The Morgan fingerprint density at radius 1 is 0.355 bits per heavy atom. The van der Waals surface area contributed by atoms with E-state index in [0.29, 0.717) is 6.61 Å². The molecule has 188 valence electrons. The van der Waals surface area contributed by atoms with E-state index < -0.39 is 0 Å². The summed E-state index contributed by atoms with van der Waals surface area (Å²) in [4.78, 5) is 0. The van der Waals surface area contributed by atoms with Crippen molar-refractivity contribution in [1.29, 1.82) is 0 Å². The average molecular weight is 440 g/mol. The van der Waals surface area contributed by atoms with Crippen molar-refractivity contribution in [3.05, 3.63) is 0 Å². The van der Waals surface area contributed by atoms with Gasteiger partial charge in [0, 0.05) is 6.61 Å². The molecule has 0 bridgehead atoms. The van der Waals surface area contributed by atoms with Crippen LogP contribution in [0.2, 0.25) is 0 Å². The van der Waals surface area contributed by atoms with Gasteiger partial charge in [0.25, 0.3) is 0 Å². The monoisotopic (exact) mass is 439 g/mol. The molecule has 0 aliphatic heterocycles. The fourth-order valence-electron chi connectivity index (χ4n) is 4.52. The molecule has 0 aliphatic rings. The Morgan fingerprint density at radius 3 is 0.903 bits per heavy atom. The second-order valence-electron chi connectivity index (χ2n) is 9.96. The van der Waals surface area contributed by atoms with E-state index in [-0.39, 0.29) is 0 Å². The Labute approximate surface area is 197 Å². The van der Waals surface area contributed by atoms with Crippen molar-refractivity contribution in [2.24, 2.45) is 0 Å². The summed E-state index contributed by atoms with van der Waals surface area (Å²) in [6.07, 6.45) is 35.0. The van der Waals surface area contributed by atoms with Crippen LogP contribution in [0.25, 0.3) is 0 Å². The molecule has 0 fully saturated rings. The van der Waals surface area contributed by atoms with Crippen molar-refractivity contribution in [3.63, 3.8) is 0 Å². The molecule has 0 atom stereocenters. The van der Waals surface area contributed by atoms with Crippen molar-refractivity contribution in [1.82, 2.24) is 5.32 Å². The Bertz CT molecular complexity index is 266. The number of aliphatic hydroxyl groups is 1. The number of aliphatic hydroxyl groups excluding tert-OH is 1. The third kappa shape index (κ3) is 29.9. The van der Waals surface area contributed by atoms with Crippen LogP contribution >= 0.6 is 0 Å². The van der Waals surface area contributed by atoms with Crippen LogP contribution in [-0.4, -0.2) is 24.8 Å². The van der Waals surface area contributed by atoms with Crippen LogP contribution in [-0.2, 0) is 0 Å². The van der Waals surface area contributed by atoms with Crippen molar-refractivity contribution >= 4 is 0 Å². The van der Waals surface area contributed by atoms with Crippen molar-refractivity contribution in [2.45, 2.75) is 167 Å². The Kier molecular flexibility index (Phi) is 29.8. The lowest BCUT2D eigenvalue weighted by Crippen LogP contribution is -2.16. The van der Waals surface area contributed by atoms with Crippen molar-refractivity contribution in [3.8, 4) is 0 Å². The standard InChI is InChI=1S/C29H61NO/c1-2-3-4-5-18-21-24-27-30-28-25-22-19-16-14-12-10-8-6-7-9-11-13-15-17-20-23-26-29-31/h30-31H,2-29H2,1H3. The minimum Gasteiger partial charge on any atom is -0.396 e.